The van der Waals surface area contributed by atoms with Gasteiger partial charge in [-0.05, 0) is 35.7 Å². The van der Waals surface area contributed by atoms with Gasteiger partial charge in [-0.3, -0.25) is 5.32 Å². The molecule has 2 aromatic rings. The van der Waals surface area contributed by atoms with Crippen molar-refractivity contribution in [1.82, 2.24) is 0 Å². The number of carbonyl (C=O) groups is 1. The second kappa shape index (κ2) is 8.60. The van der Waals surface area contributed by atoms with E-state index in [9.17, 15) is 18.0 Å². The monoisotopic (exact) mass is 366 g/mol. The number of carbonyl (C=O) groups excluding carboxylic acids is 1. The van der Waals surface area contributed by atoms with Crippen LogP contribution < -0.4 is 10.6 Å². The summed E-state index contributed by atoms with van der Waals surface area (Å²) in [7, 11) is 0. The van der Waals surface area contributed by atoms with Gasteiger partial charge < -0.3 is 10.1 Å². The highest BCUT2D eigenvalue weighted by atomic mass is 19.4. The Labute approximate surface area is 150 Å². The van der Waals surface area contributed by atoms with Crippen molar-refractivity contribution < 1.29 is 22.7 Å². The molecule has 0 aliphatic heterocycles. The van der Waals surface area contributed by atoms with Crippen LogP contribution in [0.2, 0.25) is 0 Å². The molecule has 0 aromatic heterocycles. The fourth-order valence-corrected chi connectivity index (χ4v) is 2.25. The van der Waals surface area contributed by atoms with E-state index >= 15 is 0 Å². The van der Waals surface area contributed by atoms with Crippen molar-refractivity contribution in [3.05, 3.63) is 59.7 Å². The van der Waals surface area contributed by atoms with Crippen molar-refractivity contribution in [1.29, 1.82) is 0 Å². The van der Waals surface area contributed by atoms with Gasteiger partial charge in [-0.25, -0.2) is 4.79 Å². The minimum atomic E-state index is -4.40. The highest BCUT2D eigenvalue weighted by Gasteiger charge is 2.32. The third kappa shape index (κ3) is 5.98. The molecule has 0 heterocycles. The highest BCUT2D eigenvalue weighted by molar-refractivity contribution is 5.85. The fourth-order valence-electron chi connectivity index (χ4n) is 2.25. The first-order valence-electron chi connectivity index (χ1n) is 8.18. The number of ether oxygens (including phenoxy) is 1. The lowest BCUT2D eigenvalue weighted by Gasteiger charge is -2.14. The fraction of sp³-hybridized carbons (Fsp3) is 0.316. The second-order valence-corrected chi connectivity index (χ2v) is 6.21. The van der Waals surface area contributed by atoms with Gasteiger partial charge in [0.25, 0.3) is 0 Å². The third-order valence-electron chi connectivity index (χ3n) is 3.46. The number of nitrogens with one attached hydrogen (secondary N) is 2. The molecule has 1 amide bonds. The van der Waals surface area contributed by atoms with Crippen LogP contribution in [0.15, 0.2) is 48.5 Å². The smallest absolute Gasteiger partial charge is 0.416 e. The number of hydrogen-bond donors (Lipinski definition) is 2. The summed E-state index contributed by atoms with van der Waals surface area (Å²) in [5.41, 5.74) is 0.560. The summed E-state index contributed by atoms with van der Waals surface area (Å²) in [6, 6.07) is 12.1. The molecule has 2 aromatic carbocycles. The normalized spacial score (nSPS) is 11.3. The number of rotatable bonds is 6. The molecule has 0 saturated heterocycles. The van der Waals surface area contributed by atoms with Crippen LogP contribution in [-0.4, -0.2) is 12.7 Å². The summed E-state index contributed by atoms with van der Waals surface area (Å²) in [6.07, 6.45) is -4.97. The number of anilines is 2. The molecule has 0 atom stereocenters. The molecule has 2 N–H and O–H groups in total. The molecule has 4 nitrogen and oxygen atoms in total. The van der Waals surface area contributed by atoms with Gasteiger partial charge in [0.2, 0.25) is 0 Å². The highest BCUT2D eigenvalue weighted by Crippen LogP contribution is 2.32. The lowest BCUT2D eigenvalue weighted by molar-refractivity contribution is -0.138. The summed E-state index contributed by atoms with van der Waals surface area (Å²) in [5, 5.41) is 5.54. The zero-order chi connectivity index (χ0) is 19.2. The average Bonchev–Trinajstić information content (AvgIpc) is 2.58. The predicted molar refractivity (Wildman–Crippen MR) is 95.0 cm³/mol. The van der Waals surface area contributed by atoms with Crippen molar-refractivity contribution in [3.8, 4) is 0 Å². The molecular formula is C19H21F3N2O2. The van der Waals surface area contributed by atoms with E-state index < -0.39 is 17.8 Å². The number of alkyl halides is 3. The van der Waals surface area contributed by atoms with E-state index in [1.165, 1.54) is 12.1 Å². The lowest BCUT2D eigenvalue weighted by atomic mass is 10.1. The summed E-state index contributed by atoms with van der Waals surface area (Å²) < 4.78 is 44.1. The van der Waals surface area contributed by atoms with Crippen LogP contribution in [-0.2, 0) is 17.5 Å². The molecule has 26 heavy (non-hydrogen) atoms. The molecular weight excluding hydrogens is 345 g/mol. The Morgan fingerprint density at radius 3 is 2.46 bits per heavy atom. The molecule has 0 aliphatic rings. The first kappa shape index (κ1) is 19.6. The van der Waals surface area contributed by atoms with E-state index in [0.717, 1.165) is 6.07 Å². The molecule has 0 bridgehead atoms. The molecule has 0 radical (unpaired) electrons. The van der Waals surface area contributed by atoms with Crippen LogP contribution in [0.25, 0.3) is 0 Å². The Bertz CT molecular complexity index is 746. The molecule has 0 unspecified atom stereocenters. The molecule has 0 aliphatic carbocycles. The van der Waals surface area contributed by atoms with Gasteiger partial charge in [-0.1, -0.05) is 38.1 Å². The van der Waals surface area contributed by atoms with Gasteiger partial charge in [0.15, 0.2) is 0 Å². The Balaban J connectivity index is 2.00. The van der Waals surface area contributed by atoms with Crippen LogP contribution in [0.5, 0.6) is 0 Å². The largest absolute Gasteiger partial charge is 0.449 e. The van der Waals surface area contributed by atoms with Crippen molar-refractivity contribution in [2.75, 3.05) is 17.2 Å². The molecule has 2 rings (SSSR count). The third-order valence-corrected chi connectivity index (χ3v) is 3.46. The predicted octanol–water partition coefficient (Wildman–Crippen LogP) is 5.52. The van der Waals surface area contributed by atoms with Crippen LogP contribution in [0.1, 0.15) is 25.0 Å². The van der Waals surface area contributed by atoms with Crippen molar-refractivity contribution in [2.24, 2.45) is 5.92 Å². The van der Waals surface area contributed by atoms with Crippen molar-refractivity contribution in [3.63, 3.8) is 0 Å². The lowest BCUT2D eigenvalue weighted by Crippen LogP contribution is -2.16. The van der Waals surface area contributed by atoms with Gasteiger partial charge in [0.05, 0.1) is 12.2 Å². The Kier molecular flexibility index (Phi) is 6.49. The Morgan fingerprint density at radius 1 is 1.08 bits per heavy atom. The Morgan fingerprint density at radius 2 is 1.77 bits per heavy atom. The molecule has 7 heteroatoms. The average molecular weight is 366 g/mol. The standard InChI is InChI=1S/C19H21F3N2O2/c1-13(2)12-26-18(25)24-16-8-5-7-15(10-16)23-11-14-6-3-4-9-17(14)19(20,21)22/h3-10,13,23H,11-12H2,1-2H3,(H,24,25). The van der Waals surface area contributed by atoms with E-state index in [1.807, 2.05) is 13.8 Å². The van der Waals surface area contributed by atoms with E-state index in [1.54, 1.807) is 30.3 Å². The van der Waals surface area contributed by atoms with Crippen LogP contribution in [0.4, 0.5) is 29.3 Å². The zero-order valence-corrected chi connectivity index (χ0v) is 14.6. The van der Waals surface area contributed by atoms with E-state index in [-0.39, 0.29) is 18.0 Å². The van der Waals surface area contributed by atoms with Gasteiger partial charge in [0.1, 0.15) is 0 Å². The SMILES string of the molecule is CC(C)COC(=O)Nc1cccc(NCc2ccccc2C(F)(F)F)c1. The summed E-state index contributed by atoms with van der Waals surface area (Å²) in [6.45, 7) is 4.17. The number of halogens is 3. The molecule has 140 valence electrons. The van der Waals surface area contributed by atoms with Gasteiger partial charge in [-0.15, -0.1) is 0 Å². The van der Waals surface area contributed by atoms with Gasteiger partial charge in [-0.2, -0.15) is 13.2 Å². The number of amides is 1. The van der Waals surface area contributed by atoms with Gasteiger partial charge in [0, 0.05) is 17.9 Å². The summed E-state index contributed by atoms with van der Waals surface area (Å²) >= 11 is 0. The van der Waals surface area contributed by atoms with Crippen LogP contribution >= 0.6 is 0 Å². The van der Waals surface area contributed by atoms with E-state index in [2.05, 4.69) is 10.6 Å². The molecule has 0 fully saturated rings. The number of benzene rings is 2. The maximum Gasteiger partial charge on any atom is 0.416 e. The molecule has 0 spiro atoms. The maximum atomic E-state index is 13.0. The van der Waals surface area contributed by atoms with Crippen LogP contribution in [0, 0.1) is 5.92 Å². The Hall–Kier alpha value is -2.70. The van der Waals surface area contributed by atoms with Crippen molar-refractivity contribution >= 4 is 17.5 Å². The second-order valence-electron chi connectivity index (χ2n) is 6.21. The van der Waals surface area contributed by atoms with E-state index in [0.29, 0.717) is 18.0 Å². The maximum absolute atomic E-state index is 13.0. The number of hydrogen-bond acceptors (Lipinski definition) is 3. The summed E-state index contributed by atoms with van der Waals surface area (Å²) in [5.74, 6) is 0.224. The topological polar surface area (TPSA) is 50.4 Å². The van der Waals surface area contributed by atoms with E-state index in [4.69, 9.17) is 4.74 Å². The first-order chi connectivity index (χ1) is 12.3. The molecule has 0 saturated carbocycles. The zero-order valence-electron chi connectivity index (χ0n) is 14.6. The first-order valence-corrected chi connectivity index (χ1v) is 8.18. The quantitative estimate of drug-likeness (QED) is 0.707. The minimum Gasteiger partial charge on any atom is -0.449 e. The summed E-state index contributed by atoms with van der Waals surface area (Å²) in [4.78, 5) is 11.7. The van der Waals surface area contributed by atoms with Gasteiger partial charge >= 0.3 is 12.3 Å². The van der Waals surface area contributed by atoms with Crippen molar-refractivity contribution in [2.45, 2.75) is 26.6 Å². The minimum absolute atomic E-state index is 0.0108. The van der Waals surface area contributed by atoms with Crippen LogP contribution in [0.3, 0.4) is 0 Å².